The van der Waals surface area contributed by atoms with Crippen LogP contribution in [-0.2, 0) is 23.9 Å². The molecule has 1 fully saturated rings. The molecule has 2 aliphatic heterocycles. The molecule has 0 radical (unpaired) electrons. The minimum Gasteiger partial charge on any atom is -0.492 e. The van der Waals surface area contributed by atoms with Crippen molar-refractivity contribution in [2.75, 3.05) is 37.7 Å². The lowest BCUT2D eigenvalue weighted by molar-refractivity contribution is -0.137. The molecular weight excluding hydrogens is 498 g/mol. The van der Waals surface area contributed by atoms with E-state index in [1.165, 1.54) is 24.3 Å². The van der Waals surface area contributed by atoms with Gasteiger partial charge in [0.2, 0.25) is 5.91 Å². The van der Waals surface area contributed by atoms with Crippen LogP contribution < -0.4 is 15.0 Å². The number of benzene rings is 3. The van der Waals surface area contributed by atoms with Crippen LogP contribution in [0, 0.1) is 11.7 Å². The van der Waals surface area contributed by atoms with Crippen LogP contribution in [0.4, 0.5) is 23.2 Å². The third-order valence-electron chi connectivity index (χ3n) is 7.26. The molecule has 9 heteroatoms. The van der Waals surface area contributed by atoms with Crippen LogP contribution in [0.5, 0.6) is 5.75 Å². The van der Waals surface area contributed by atoms with Crippen molar-refractivity contribution in [2.24, 2.45) is 5.92 Å². The van der Waals surface area contributed by atoms with Crippen LogP contribution >= 0.6 is 0 Å². The largest absolute Gasteiger partial charge is 0.492 e. The van der Waals surface area contributed by atoms with Crippen molar-refractivity contribution in [2.45, 2.75) is 25.2 Å². The second-order valence-electron chi connectivity index (χ2n) is 9.72. The summed E-state index contributed by atoms with van der Waals surface area (Å²) in [5, 5.41) is 2.92. The zero-order chi connectivity index (χ0) is 26.7. The van der Waals surface area contributed by atoms with Crippen molar-refractivity contribution in [1.29, 1.82) is 0 Å². The van der Waals surface area contributed by atoms with Gasteiger partial charge in [0.1, 0.15) is 18.2 Å². The molecule has 3 aromatic carbocycles. The fourth-order valence-corrected chi connectivity index (χ4v) is 5.29. The fraction of sp³-hybridized carbons (Fsp3) is 0.345. The number of hydrogen-bond acceptors (Lipinski definition) is 4. The van der Waals surface area contributed by atoms with Gasteiger partial charge in [0.25, 0.3) is 0 Å². The first kappa shape index (κ1) is 26.0. The highest BCUT2D eigenvalue weighted by Gasteiger charge is 2.42. The molecule has 2 heterocycles. The lowest BCUT2D eigenvalue weighted by Crippen LogP contribution is -2.61. The number of anilines is 1. The Balaban J connectivity index is 1.32. The van der Waals surface area contributed by atoms with Gasteiger partial charge in [-0.1, -0.05) is 30.3 Å². The molecule has 2 aliphatic rings. The summed E-state index contributed by atoms with van der Waals surface area (Å²) < 4.78 is 59.4. The van der Waals surface area contributed by atoms with E-state index in [4.69, 9.17) is 4.74 Å². The van der Waals surface area contributed by atoms with Crippen LogP contribution in [0.2, 0.25) is 0 Å². The van der Waals surface area contributed by atoms with Crippen LogP contribution in [0.1, 0.15) is 16.7 Å². The normalized spacial score (nSPS) is 19.4. The molecule has 1 saturated heterocycles. The third-order valence-corrected chi connectivity index (χ3v) is 7.26. The fourth-order valence-electron chi connectivity index (χ4n) is 5.29. The molecule has 2 atom stereocenters. The van der Waals surface area contributed by atoms with E-state index >= 15 is 0 Å². The van der Waals surface area contributed by atoms with Gasteiger partial charge in [-0.15, -0.1) is 0 Å². The van der Waals surface area contributed by atoms with Crippen molar-refractivity contribution in [1.82, 2.24) is 10.2 Å². The average molecular weight is 528 g/mol. The molecule has 0 saturated carbocycles. The predicted molar refractivity (Wildman–Crippen MR) is 136 cm³/mol. The number of carbonyl (C=O) groups is 1. The molecule has 1 N–H and O–H groups in total. The molecule has 0 spiro atoms. The van der Waals surface area contributed by atoms with E-state index in [9.17, 15) is 22.4 Å². The van der Waals surface area contributed by atoms with Gasteiger partial charge in [-0.25, -0.2) is 4.39 Å². The van der Waals surface area contributed by atoms with E-state index < -0.39 is 17.7 Å². The Morgan fingerprint density at radius 3 is 2.50 bits per heavy atom. The monoisotopic (exact) mass is 527 g/mol. The number of fused-ring (bicyclic) bond motifs is 3. The molecule has 5 rings (SSSR count). The maximum absolute atomic E-state index is 13.4. The van der Waals surface area contributed by atoms with E-state index in [0.29, 0.717) is 38.3 Å². The Morgan fingerprint density at radius 2 is 1.76 bits per heavy atom. The Labute approximate surface area is 219 Å². The highest BCUT2D eigenvalue weighted by molar-refractivity contribution is 5.82. The number of rotatable bonds is 7. The second kappa shape index (κ2) is 11.0. The van der Waals surface area contributed by atoms with Gasteiger partial charge >= 0.3 is 6.18 Å². The molecule has 200 valence electrons. The summed E-state index contributed by atoms with van der Waals surface area (Å²) in [5.41, 5.74) is 1.32. The van der Waals surface area contributed by atoms with E-state index in [1.54, 1.807) is 12.1 Å². The number of halogens is 4. The number of nitrogens with one attached hydrogen (secondary N) is 1. The number of amides is 1. The van der Waals surface area contributed by atoms with E-state index in [1.807, 2.05) is 30.3 Å². The van der Waals surface area contributed by atoms with Crippen molar-refractivity contribution in [3.8, 4) is 5.75 Å². The number of nitrogens with zero attached hydrogens (tertiary/aromatic N) is 2. The topological polar surface area (TPSA) is 44.8 Å². The molecule has 3 aromatic rings. The van der Waals surface area contributed by atoms with Crippen molar-refractivity contribution >= 4 is 11.6 Å². The first-order valence-electron chi connectivity index (χ1n) is 12.7. The molecule has 1 amide bonds. The van der Waals surface area contributed by atoms with E-state index in [2.05, 4.69) is 15.1 Å². The van der Waals surface area contributed by atoms with Crippen molar-refractivity contribution < 1.29 is 27.1 Å². The SMILES string of the molecule is O=C(NCc1ccc(F)cc1)[C@H]1Cc2cc(C(F)(F)F)ccc2N2CCN(CCOc3ccccc3)C[C@H]12. The minimum absolute atomic E-state index is 0.196. The smallest absolute Gasteiger partial charge is 0.416 e. The lowest BCUT2D eigenvalue weighted by Gasteiger charge is -2.49. The Bertz CT molecular complexity index is 1250. The van der Waals surface area contributed by atoms with Gasteiger partial charge < -0.3 is 15.0 Å². The molecular formula is C29H29F4N3O2. The second-order valence-corrected chi connectivity index (χ2v) is 9.72. The maximum Gasteiger partial charge on any atom is 0.416 e. The molecule has 38 heavy (non-hydrogen) atoms. The summed E-state index contributed by atoms with van der Waals surface area (Å²) in [4.78, 5) is 17.7. The summed E-state index contributed by atoms with van der Waals surface area (Å²) in [6, 6.07) is 19.0. The van der Waals surface area contributed by atoms with Gasteiger partial charge in [-0.05, 0) is 60.0 Å². The van der Waals surface area contributed by atoms with Crippen LogP contribution in [0.15, 0.2) is 72.8 Å². The maximum atomic E-state index is 13.4. The summed E-state index contributed by atoms with van der Waals surface area (Å²) in [7, 11) is 0. The highest BCUT2D eigenvalue weighted by atomic mass is 19.4. The van der Waals surface area contributed by atoms with Gasteiger partial charge in [0.05, 0.1) is 17.5 Å². The average Bonchev–Trinajstić information content (AvgIpc) is 2.92. The van der Waals surface area contributed by atoms with Gasteiger partial charge in [0.15, 0.2) is 0 Å². The Kier molecular flexibility index (Phi) is 7.56. The zero-order valence-electron chi connectivity index (χ0n) is 20.8. The minimum atomic E-state index is -4.45. The number of ether oxygens (including phenoxy) is 1. The van der Waals surface area contributed by atoms with Gasteiger partial charge in [-0.2, -0.15) is 13.2 Å². The quantitative estimate of drug-likeness (QED) is 0.444. The van der Waals surface area contributed by atoms with E-state index in [0.717, 1.165) is 23.1 Å². The number of para-hydroxylation sites is 1. The summed E-state index contributed by atoms with van der Waals surface area (Å²) >= 11 is 0. The predicted octanol–water partition coefficient (Wildman–Crippen LogP) is 4.90. The lowest BCUT2D eigenvalue weighted by atomic mass is 9.82. The van der Waals surface area contributed by atoms with Crippen LogP contribution in [0.25, 0.3) is 0 Å². The number of piperazine rings is 1. The van der Waals surface area contributed by atoms with Gasteiger partial charge in [-0.3, -0.25) is 9.69 Å². The Hall–Kier alpha value is -3.59. The zero-order valence-corrected chi connectivity index (χ0v) is 20.8. The number of hydrogen-bond donors (Lipinski definition) is 1. The van der Waals surface area contributed by atoms with Gasteiger partial charge in [0, 0.05) is 38.4 Å². The van der Waals surface area contributed by atoms with Crippen molar-refractivity contribution in [3.63, 3.8) is 0 Å². The summed E-state index contributed by atoms with van der Waals surface area (Å²) in [6.45, 7) is 3.27. The van der Waals surface area contributed by atoms with Crippen LogP contribution in [0.3, 0.4) is 0 Å². The van der Waals surface area contributed by atoms with Crippen LogP contribution in [-0.4, -0.2) is 49.6 Å². The molecule has 0 aliphatic carbocycles. The van der Waals surface area contributed by atoms with Crippen molar-refractivity contribution in [3.05, 3.63) is 95.3 Å². The molecule has 0 aromatic heterocycles. The molecule has 0 unspecified atom stereocenters. The standard InChI is InChI=1S/C29H29F4N3O2/c30-23-9-6-20(7-10-23)18-34-28(37)25-17-21-16-22(29(31,32)33)8-11-26(21)36-13-12-35(19-27(25)36)14-15-38-24-4-2-1-3-5-24/h1-11,16,25,27H,12-15,17-19H2,(H,34,37)/t25-,27+/m0/s1. The first-order chi connectivity index (χ1) is 18.3. The number of alkyl halides is 3. The summed E-state index contributed by atoms with van der Waals surface area (Å²) in [5.74, 6) is -0.339. The molecule has 5 nitrogen and oxygen atoms in total. The van der Waals surface area contributed by atoms with E-state index in [-0.39, 0.29) is 30.7 Å². The first-order valence-corrected chi connectivity index (χ1v) is 12.7. The number of carbonyl (C=O) groups excluding carboxylic acids is 1. The third kappa shape index (κ3) is 5.93. The highest BCUT2D eigenvalue weighted by Crippen LogP contribution is 2.39. The summed E-state index contributed by atoms with van der Waals surface area (Å²) in [6.07, 6.45) is -4.24. The molecule has 0 bridgehead atoms. The Morgan fingerprint density at radius 1 is 1.00 bits per heavy atom.